The van der Waals surface area contributed by atoms with Crippen molar-refractivity contribution in [2.45, 2.75) is 19.3 Å². The molecule has 0 spiro atoms. The van der Waals surface area contributed by atoms with E-state index in [0.29, 0.717) is 0 Å². The fourth-order valence-electron chi connectivity index (χ4n) is 10.1. The number of hydrogen-bond donors (Lipinski definition) is 0. The third kappa shape index (κ3) is 4.83. The van der Waals surface area contributed by atoms with Crippen LogP contribution >= 0.6 is 0 Å². The highest BCUT2D eigenvalue weighted by Crippen LogP contribution is 2.54. The largest absolute Gasteiger partial charge is 0.309 e. The van der Waals surface area contributed by atoms with Crippen molar-refractivity contribution >= 4 is 54.0 Å². The first-order valence-electron chi connectivity index (χ1n) is 20.3. The summed E-state index contributed by atoms with van der Waals surface area (Å²) in [5.41, 5.74) is 15.0. The Bertz CT molecular complexity index is 3470. The summed E-state index contributed by atoms with van der Waals surface area (Å²) in [4.78, 5) is 0. The van der Waals surface area contributed by atoms with Crippen LogP contribution in [0, 0.1) is 0 Å². The van der Waals surface area contributed by atoms with Gasteiger partial charge in [-0.25, -0.2) is 0 Å². The van der Waals surface area contributed by atoms with Crippen LogP contribution in [0.4, 0.5) is 0 Å². The summed E-state index contributed by atoms with van der Waals surface area (Å²) in [6.07, 6.45) is 0. The van der Waals surface area contributed by atoms with E-state index in [0.717, 1.165) is 0 Å². The Morgan fingerprint density at radius 2 is 0.862 bits per heavy atom. The topological polar surface area (TPSA) is 4.93 Å². The SMILES string of the molecule is CC1(C)c2cc(-c3cc4ccccc4n3-c3ccccc3)ccc2-c2cc3c(-c4ccc5ccccc5c4)c4ccccc4c(-c4ccc5ccccc5c4)c3cc21. The average Bonchev–Trinajstić information content (AvgIpc) is 3.76. The maximum atomic E-state index is 2.55. The van der Waals surface area contributed by atoms with Gasteiger partial charge in [0.1, 0.15) is 0 Å². The van der Waals surface area contributed by atoms with Crippen molar-refractivity contribution in [3.63, 3.8) is 0 Å². The van der Waals surface area contributed by atoms with Crippen molar-refractivity contribution < 1.29 is 0 Å². The van der Waals surface area contributed by atoms with Crippen LogP contribution in [-0.2, 0) is 5.41 Å². The molecule has 11 aromatic rings. The second-order valence-electron chi connectivity index (χ2n) is 16.5. The second-order valence-corrected chi connectivity index (χ2v) is 16.5. The Kier molecular flexibility index (Phi) is 7.04. The number of fused-ring (bicyclic) bond motifs is 8. The summed E-state index contributed by atoms with van der Waals surface area (Å²) in [7, 11) is 0. The molecule has 0 fully saturated rings. The molecule has 0 unspecified atom stereocenters. The van der Waals surface area contributed by atoms with Crippen LogP contribution in [0.1, 0.15) is 25.0 Å². The van der Waals surface area contributed by atoms with Crippen LogP contribution in [0.15, 0.2) is 200 Å². The van der Waals surface area contributed by atoms with Crippen molar-refractivity contribution in [2.75, 3.05) is 0 Å². The minimum atomic E-state index is -0.228. The molecule has 0 aliphatic heterocycles. The molecule has 10 aromatic carbocycles. The lowest BCUT2D eigenvalue weighted by molar-refractivity contribution is 0.661. The van der Waals surface area contributed by atoms with Gasteiger partial charge in [0.2, 0.25) is 0 Å². The van der Waals surface area contributed by atoms with Crippen molar-refractivity contribution in [1.82, 2.24) is 4.57 Å². The van der Waals surface area contributed by atoms with Gasteiger partial charge in [-0.2, -0.15) is 0 Å². The summed E-state index contributed by atoms with van der Waals surface area (Å²) >= 11 is 0. The molecule has 0 saturated carbocycles. The first-order valence-corrected chi connectivity index (χ1v) is 20.3. The highest BCUT2D eigenvalue weighted by atomic mass is 15.0. The van der Waals surface area contributed by atoms with Crippen molar-refractivity contribution in [1.29, 1.82) is 0 Å². The predicted molar refractivity (Wildman–Crippen MR) is 247 cm³/mol. The van der Waals surface area contributed by atoms with Crippen molar-refractivity contribution in [3.8, 4) is 50.3 Å². The smallest absolute Gasteiger partial charge is 0.0541 e. The Balaban J connectivity index is 1.14. The standard InChI is InChI=1S/C57H39N/c1-57(2)51-32-41(54-33-40-18-10-13-23-53(40)58(54)44-19-4-3-5-20-44)28-29-45(51)48-34-49-50(35-52(48)57)56(43-27-25-37-15-7-9-17-39(37)31-43)47-22-12-11-21-46(47)55(49)42-26-24-36-14-6-8-16-38(36)30-42/h3-35H,1-2H3. The molecule has 0 saturated heterocycles. The molecule has 12 rings (SSSR count). The van der Waals surface area contributed by atoms with E-state index in [1.165, 1.54) is 115 Å². The zero-order valence-electron chi connectivity index (χ0n) is 32.5. The Morgan fingerprint density at radius 3 is 1.52 bits per heavy atom. The first kappa shape index (κ1) is 33.0. The van der Waals surface area contributed by atoms with Gasteiger partial charge in [0.15, 0.2) is 0 Å². The molecule has 272 valence electrons. The van der Waals surface area contributed by atoms with E-state index in [1.54, 1.807) is 0 Å². The summed E-state index contributed by atoms with van der Waals surface area (Å²) in [6.45, 7) is 4.84. The second kappa shape index (κ2) is 12.4. The molecule has 0 radical (unpaired) electrons. The fraction of sp³-hybridized carbons (Fsp3) is 0.0526. The molecular formula is C57H39N. The van der Waals surface area contributed by atoms with Gasteiger partial charge >= 0.3 is 0 Å². The van der Waals surface area contributed by atoms with Crippen LogP contribution in [0.2, 0.25) is 0 Å². The Morgan fingerprint density at radius 1 is 0.345 bits per heavy atom. The average molecular weight is 738 g/mol. The van der Waals surface area contributed by atoms with Gasteiger partial charge in [0.05, 0.1) is 11.2 Å². The van der Waals surface area contributed by atoms with E-state index in [-0.39, 0.29) is 5.41 Å². The van der Waals surface area contributed by atoms with E-state index in [1.807, 2.05) is 0 Å². The molecule has 1 aromatic heterocycles. The van der Waals surface area contributed by atoms with E-state index < -0.39 is 0 Å². The van der Waals surface area contributed by atoms with Gasteiger partial charge in [0.25, 0.3) is 0 Å². The first-order chi connectivity index (χ1) is 28.5. The minimum absolute atomic E-state index is 0.228. The van der Waals surface area contributed by atoms with E-state index >= 15 is 0 Å². The summed E-state index contributed by atoms with van der Waals surface area (Å²) < 4.78 is 2.41. The molecule has 58 heavy (non-hydrogen) atoms. The molecule has 0 amide bonds. The molecule has 1 aliphatic carbocycles. The molecule has 1 nitrogen and oxygen atoms in total. The van der Waals surface area contributed by atoms with Crippen molar-refractivity contribution in [3.05, 3.63) is 211 Å². The monoisotopic (exact) mass is 737 g/mol. The van der Waals surface area contributed by atoms with E-state index in [2.05, 4.69) is 219 Å². The summed E-state index contributed by atoms with van der Waals surface area (Å²) in [6, 6.07) is 74.6. The fourth-order valence-corrected chi connectivity index (χ4v) is 10.1. The van der Waals surface area contributed by atoms with Gasteiger partial charge in [-0.15, -0.1) is 0 Å². The predicted octanol–water partition coefficient (Wildman–Crippen LogP) is 15.6. The van der Waals surface area contributed by atoms with Crippen LogP contribution in [0.3, 0.4) is 0 Å². The van der Waals surface area contributed by atoms with E-state index in [4.69, 9.17) is 0 Å². The van der Waals surface area contributed by atoms with Crippen molar-refractivity contribution in [2.24, 2.45) is 0 Å². The zero-order chi connectivity index (χ0) is 38.5. The zero-order valence-corrected chi connectivity index (χ0v) is 32.5. The van der Waals surface area contributed by atoms with Gasteiger partial charge in [-0.1, -0.05) is 159 Å². The normalized spacial score (nSPS) is 13.1. The summed E-state index contributed by atoms with van der Waals surface area (Å²) in [5.74, 6) is 0. The number of hydrogen-bond acceptors (Lipinski definition) is 0. The van der Waals surface area contributed by atoms with Crippen LogP contribution in [0.25, 0.3) is 104 Å². The third-order valence-electron chi connectivity index (χ3n) is 12.9. The summed E-state index contributed by atoms with van der Waals surface area (Å²) in [5, 5.41) is 11.4. The lowest BCUT2D eigenvalue weighted by Gasteiger charge is -2.24. The molecular weight excluding hydrogens is 699 g/mol. The number of aromatic nitrogens is 1. The number of nitrogens with zero attached hydrogens (tertiary/aromatic N) is 1. The van der Waals surface area contributed by atoms with Crippen LogP contribution in [0.5, 0.6) is 0 Å². The van der Waals surface area contributed by atoms with Gasteiger partial charge in [-0.05, 0) is 148 Å². The molecule has 1 aliphatic rings. The highest BCUT2D eigenvalue weighted by Gasteiger charge is 2.37. The lowest BCUT2D eigenvalue weighted by atomic mass is 9.79. The molecule has 0 atom stereocenters. The quantitative estimate of drug-likeness (QED) is 0.159. The Hall–Kier alpha value is -7.22. The van der Waals surface area contributed by atoms with Crippen LogP contribution < -0.4 is 0 Å². The Labute approximate surface area is 338 Å². The number of benzene rings is 10. The highest BCUT2D eigenvalue weighted by molar-refractivity contribution is 6.23. The lowest BCUT2D eigenvalue weighted by Crippen LogP contribution is -2.15. The van der Waals surface area contributed by atoms with Gasteiger partial charge < -0.3 is 4.57 Å². The minimum Gasteiger partial charge on any atom is -0.309 e. The van der Waals surface area contributed by atoms with Gasteiger partial charge in [-0.3, -0.25) is 0 Å². The number of rotatable bonds is 4. The van der Waals surface area contributed by atoms with Crippen LogP contribution in [-0.4, -0.2) is 4.57 Å². The number of para-hydroxylation sites is 2. The molecule has 0 N–H and O–H groups in total. The molecule has 0 bridgehead atoms. The maximum absolute atomic E-state index is 2.55. The van der Waals surface area contributed by atoms with E-state index in [9.17, 15) is 0 Å². The third-order valence-corrected chi connectivity index (χ3v) is 12.9. The molecule has 1 heteroatoms. The molecule has 1 heterocycles. The van der Waals surface area contributed by atoms with Gasteiger partial charge in [0, 0.05) is 16.5 Å². The maximum Gasteiger partial charge on any atom is 0.0541 e.